The van der Waals surface area contributed by atoms with E-state index in [4.69, 9.17) is 4.74 Å². The van der Waals surface area contributed by atoms with Crippen molar-refractivity contribution in [3.63, 3.8) is 0 Å². The van der Waals surface area contributed by atoms with Gasteiger partial charge in [0.25, 0.3) is 5.91 Å². The van der Waals surface area contributed by atoms with Crippen LogP contribution < -0.4 is 5.32 Å². The number of H-pyrrole nitrogens is 1. The number of pyridine rings is 1. The van der Waals surface area contributed by atoms with Gasteiger partial charge >= 0.3 is 0 Å². The molecule has 0 fully saturated rings. The lowest BCUT2D eigenvalue weighted by molar-refractivity contribution is -0.121. The van der Waals surface area contributed by atoms with Crippen LogP contribution in [0.25, 0.3) is 10.9 Å². The summed E-state index contributed by atoms with van der Waals surface area (Å²) in [6, 6.07) is 7.85. The molecule has 22 heavy (non-hydrogen) atoms. The minimum atomic E-state index is -0.367. The van der Waals surface area contributed by atoms with Crippen molar-refractivity contribution >= 4 is 22.6 Å². The summed E-state index contributed by atoms with van der Waals surface area (Å²) in [5, 5.41) is 9.88. The molecule has 2 aromatic heterocycles. The van der Waals surface area contributed by atoms with Crippen molar-refractivity contribution in [2.45, 2.75) is 6.61 Å². The molecular weight excluding hydrogens is 287 g/mol. The molecule has 1 amide bonds. The zero-order valence-corrected chi connectivity index (χ0v) is 11.5. The SMILES string of the molecule is O=C(COCc1cccnc1)Nc1n[nH]c2cc(F)ccc12. The van der Waals surface area contributed by atoms with Gasteiger partial charge in [0, 0.05) is 17.8 Å². The highest BCUT2D eigenvalue weighted by atomic mass is 19.1. The maximum Gasteiger partial charge on any atom is 0.251 e. The molecule has 2 N–H and O–H groups in total. The summed E-state index contributed by atoms with van der Waals surface area (Å²) in [6.07, 6.45) is 3.34. The Kier molecular flexibility index (Phi) is 4.06. The minimum absolute atomic E-state index is 0.107. The van der Waals surface area contributed by atoms with E-state index in [1.165, 1.54) is 12.1 Å². The summed E-state index contributed by atoms with van der Waals surface area (Å²) in [4.78, 5) is 15.8. The number of halogens is 1. The number of rotatable bonds is 5. The molecule has 3 rings (SSSR count). The number of nitrogens with zero attached hydrogens (tertiary/aromatic N) is 2. The van der Waals surface area contributed by atoms with E-state index in [0.29, 0.717) is 23.3 Å². The summed E-state index contributed by atoms with van der Waals surface area (Å²) in [7, 11) is 0. The van der Waals surface area contributed by atoms with Gasteiger partial charge in [-0.3, -0.25) is 14.9 Å². The van der Waals surface area contributed by atoms with E-state index in [1.807, 2.05) is 6.07 Å². The fourth-order valence-electron chi connectivity index (χ4n) is 2.00. The van der Waals surface area contributed by atoms with E-state index < -0.39 is 0 Å². The molecule has 0 saturated carbocycles. The average Bonchev–Trinajstić information content (AvgIpc) is 2.90. The quantitative estimate of drug-likeness (QED) is 0.757. The van der Waals surface area contributed by atoms with Crippen LogP contribution in [0.4, 0.5) is 10.2 Å². The Morgan fingerprint density at radius 1 is 1.36 bits per heavy atom. The lowest BCUT2D eigenvalue weighted by atomic mass is 10.2. The minimum Gasteiger partial charge on any atom is -0.367 e. The molecule has 0 aliphatic carbocycles. The van der Waals surface area contributed by atoms with Gasteiger partial charge < -0.3 is 10.1 Å². The highest BCUT2D eigenvalue weighted by Crippen LogP contribution is 2.20. The van der Waals surface area contributed by atoms with E-state index in [-0.39, 0.29) is 18.3 Å². The molecule has 2 heterocycles. The third-order valence-electron chi connectivity index (χ3n) is 3.01. The van der Waals surface area contributed by atoms with Gasteiger partial charge in [0.15, 0.2) is 5.82 Å². The van der Waals surface area contributed by atoms with E-state index >= 15 is 0 Å². The summed E-state index contributed by atoms with van der Waals surface area (Å²) in [5.74, 6) is -0.347. The first-order valence-electron chi connectivity index (χ1n) is 6.62. The summed E-state index contributed by atoms with van der Waals surface area (Å²) in [6.45, 7) is 0.193. The number of aromatic nitrogens is 3. The maximum atomic E-state index is 13.1. The Labute approximate surface area is 125 Å². The van der Waals surface area contributed by atoms with E-state index in [9.17, 15) is 9.18 Å². The maximum absolute atomic E-state index is 13.1. The number of carbonyl (C=O) groups excluding carboxylic acids is 1. The normalized spacial score (nSPS) is 10.8. The van der Waals surface area contributed by atoms with Gasteiger partial charge in [-0.15, -0.1) is 0 Å². The number of aromatic amines is 1. The molecule has 0 atom stereocenters. The predicted molar refractivity (Wildman–Crippen MR) is 78.6 cm³/mol. The number of carbonyl (C=O) groups is 1. The molecular formula is C15H13FN4O2. The Hall–Kier alpha value is -2.80. The number of hydrogen-bond acceptors (Lipinski definition) is 4. The van der Waals surface area contributed by atoms with Crippen molar-refractivity contribution in [3.05, 3.63) is 54.1 Å². The van der Waals surface area contributed by atoms with Crippen LogP contribution in [0.15, 0.2) is 42.7 Å². The van der Waals surface area contributed by atoms with Gasteiger partial charge in [-0.05, 0) is 29.8 Å². The third kappa shape index (κ3) is 3.26. The van der Waals surface area contributed by atoms with Crippen LogP contribution in [0.2, 0.25) is 0 Å². The fourth-order valence-corrected chi connectivity index (χ4v) is 2.00. The number of benzene rings is 1. The monoisotopic (exact) mass is 300 g/mol. The number of fused-ring (bicyclic) bond motifs is 1. The molecule has 0 unspecified atom stereocenters. The highest BCUT2D eigenvalue weighted by Gasteiger charge is 2.10. The van der Waals surface area contributed by atoms with Gasteiger partial charge in [-0.2, -0.15) is 5.10 Å². The fraction of sp³-hybridized carbons (Fsp3) is 0.133. The summed E-state index contributed by atoms with van der Waals surface area (Å²) >= 11 is 0. The second-order valence-electron chi connectivity index (χ2n) is 4.66. The Balaban J connectivity index is 1.57. The molecule has 0 saturated heterocycles. The molecule has 0 spiro atoms. The van der Waals surface area contributed by atoms with Crippen molar-refractivity contribution in [2.24, 2.45) is 0 Å². The molecule has 7 heteroatoms. The van der Waals surface area contributed by atoms with Crippen molar-refractivity contribution in [3.8, 4) is 0 Å². The van der Waals surface area contributed by atoms with Crippen LogP contribution >= 0.6 is 0 Å². The van der Waals surface area contributed by atoms with E-state index in [0.717, 1.165) is 5.56 Å². The number of hydrogen-bond donors (Lipinski definition) is 2. The van der Waals surface area contributed by atoms with Crippen molar-refractivity contribution in [1.82, 2.24) is 15.2 Å². The van der Waals surface area contributed by atoms with Gasteiger partial charge in [0.2, 0.25) is 0 Å². The lowest BCUT2D eigenvalue weighted by Gasteiger charge is -2.04. The van der Waals surface area contributed by atoms with Crippen LogP contribution in [-0.4, -0.2) is 27.7 Å². The molecule has 6 nitrogen and oxygen atoms in total. The second kappa shape index (κ2) is 6.31. The van der Waals surface area contributed by atoms with Gasteiger partial charge in [-0.25, -0.2) is 4.39 Å². The van der Waals surface area contributed by atoms with Crippen LogP contribution in [0.1, 0.15) is 5.56 Å². The van der Waals surface area contributed by atoms with Crippen molar-refractivity contribution in [2.75, 3.05) is 11.9 Å². The topological polar surface area (TPSA) is 79.9 Å². The first-order valence-corrected chi connectivity index (χ1v) is 6.62. The van der Waals surface area contributed by atoms with Gasteiger partial charge in [0.1, 0.15) is 12.4 Å². The standard InChI is InChI=1S/C15H13FN4O2/c16-11-3-4-12-13(6-11)19-20-15(12)18-14(21)9-22-8-10-2-1-5-17-7-10/h1-7H,8-9H2,(H2,18,19,20,21). The number of ether oxygens (including phenoxy) is 1. The van der Waals surface area contributed by atoms with Crippen LogP contribution in [0.3, 0.4) is 0 Å². The van der Waals surface area contributed by atoms with Crippen LogP contribution in [0.5, 0.6) is 0 Å². The molecule has 3 aromatic rings. The Bertz CT molecular complexity index is 789. The smallest absolute Gasteiger partial charge is 0.251 e. The number of nitrogens with one attached hydrogen (secondary N) is 2. The molecule has 0 aliphatic rings. The third-order valence-corrected chi connectivity index (χ3v) is 3.01. The zero-order valence-electron chi connectivity index (χ0n) is 11.5. The van der Waals surface area contributed by atoms with Gasteiger partial charge in [-0.1, -0.05) is 6.07 Å². The second-order valence-corrected chi connectivity index (χ2v) is 4.66. The zero-order chi connectivity index (χ0) is 15.4. The largest absolute Gasteiger partial charge is 0.367 e. The van der Waals surface area contributed by atoms with Crippen molar-refractivity contribution in [1.29, 1.82) is 0 Å². The van der Waals surface area contributed by atoms with E-state index in [1.54, 1.807) is 24.5 Å². The molecule has 0 bridgehead atoms. The highest BCUT2D eigenvalue weighted by molar-refractivity contribution is 5.99. The molecule has 112 valence electrons. The first-order chi connectivity index (χ1) is 10.7. The Morgan fingerprint density at radius 3 is 3.09 bits per heavy atom. The van der Waals surface area contributed by atoms with Gasteiger partial charge in [0.05, 0.1) is 12.1 Å². The average molecular weight is 300 g/mol. The predicted octanol–water partition coefficient (Wildman–Crippen LogP) is 2.25. The van der Waals surface area contributed by atoms with Crippen LogP contribution in [-0.2, 0) is 16.1 Å². The van der Waals surface area contributed by atoms with E-state index in [2.05, 4.69) is 20.5 Å². The molecule has 0 aliphatic heterocycles. The molecule has 1 aromatic carbocycles. The first kappa shape index (κ1) is 14.2. The van der Waals surface area contributed by atoms with Crippen molar-refractivity contribution < 1.29 is 13.9 Å². The number of anilines is 1. The summed E-state index contributed by atoms with van der Waals surface area (Å²) < 4.78 is 18.4. The Morgan fingerprint density at radius 2 is 2.27 bits per heavy atom. The van der Waals surface area contributed by atoms with Crippen LogP contribution in [0, 0.1) is 5.82 Å². The number of amides is 1. The lowest BCUT2D eigenvalue weighted by Crippen LogP contribution is -2.18. The molecule has 0 radical (unpaired) electrons. The summed E-state index contributed by atoms with van der Waals surface area (Å²) in [5.41, 5.74) is 1.41.